The summed E-state index contributed by atoms with van der Waals surface area (Å²) in [7, 11) is 0. The summed E-state index contributed by atoms with van der Waals surface area (Å²) in [5, 5.41) is 20.1. The minimum absolute atomic E-state index is 0.374. The fourth-order valence-corrected chi connectivity index (χ4v) is 2.77. The van der Waals surface area contributed by atoms with E-state index < -0.39 is 5.97 Å². The van der Waals surface area contributed by atoms with E-state index in [-0.39, 0.29) is 0 Å². The average molecular weight is 289 g/mol. The fourth-order valence-electron chi connectivity index (χ4n) is 2.77. The standard InChI is InChI=1S/C16H23N3O2/c1-12(17)19-8-6-13(7-9-19)10-18-11-14-4-2-3-5-15(14)16(20)21/h2-5,13,17-18H,6-11H2,1H3,(H,20,21). The summed E-state index contributed by atoms with van der Waals surface area (Å²) in [6.45, 7) is 5.23. The number of nitrogens with one attached hydrogen (secondary N) is 2. The summed E-state index contributed by atoms with van der Waals surface area (Å²) in [5.74, 6) is 0.386. The van der Waals surface area contributed by atoms with Gasteiger partial charge in [0, 0.05) is 19.6 Å². The number of amidine groups is 1. The average Bonchev–Trinajstić information content (AvgIpc) is 2.48. The van der Waals surface area contributed by atoms with Crippen LogP contribution in [0.15, 0.2) is 24.3 Å². The van der Waals surface area contributed by atoms with Crippen LogP contribution in [0.4, 0.5) is 0 Å². The first-order chi connectivity index (χ1) is 10.1. The van der Waals surface area contributed by atoms with Crippen molar-refractivity contribution in [3.8, 4) is 0 Å². The van der Waals surface area contributed by atoms with E-state index in [2.05, 4.69) is 10.2 Å². The molecule has 1 heterocycles. The van der Waals surface area contributed by atoms with E-state index in [9.17, 15) is 4.79 Å². The van der Waals surface area contributed by atoms with E-state index in [4.69, 9.17) is 10.5 Å². The molecule has 3 N–H and O–H groups in total. The van der Waals surface area contributed by atoms with Gasteiger partial charge in [-0.3, -0.25) is 5.41 Å². The number of carboxylic acid groups (broad SMARTS) is 1. The van der Waals surface area contributed by atoms with Crippen molar-refractivity contribution in [1.29, 1.82) is 5.41 Å². The molecule has 5 heteroatoms. The topological polar surface area (TPSA) is 76.4 Å². The van der Waals surface area contributed by atoms with E-state index in [0.717, 1.165) is 38.0 Å². The zero-order valence-electron chi connectivity index (χ0n) is 12.4. The molecule has 0 unspecified atom stereocenters. The van der Waals surface area contributed by atoms with Gasteiger partial charge in [-0.1, -0.05) is 18.2 Å². The van der Waals surface area contributed by atoms with Crippen molar-refractivity contribution >= 4 is 11.8 Å². The maximum Gasteiger partial charge on any atom is 0.336 e. The summed E-state index contributed by atoms with van der Waals surface area (Å²) in [5.41, 5.74) is 1.21. The van der Waals surface area contributed by atoms with Gasteiger partial charge in [-0.2, -0.15) is 0 Å². The van der Waals surface area contributed by atoms with Crippen molar-refractivity contribution in [3.63, 3.8) is 0 Å². The lowest BCUT2D eigenvalue weighted by Crippen LogP contribution is -2.39. The normalized spacial score (nSPS) is 16.0. The minimum Gasteiger partial charge on any atom is -0.478 e. The van der Waals surface area contributed by atoms with Gasteiger partial charge in [-0.05, 0) is 43.9 Å². The third-order valence-corrected chi connectivity index (χ3v) is 4.09. The zero-order chi connectivity index (χ0) is 15.2. The van der Waals surface area contributed by atoms with Crippen LogP contribution in [0, 0.1) is 11.3 Å². The molecule has 0 saturated carbocycles. The molecule has 2 rings (SSSR count). The first-order valence-corrected chi connectivity index (χ1v) is 7.40. The summed E-state index contributed by atoms with van der Waals surface area (Å²) < 4.78 is 0. The molecule has 0 bridgehead atoms. The van der Waals surface area contributed by atoms with E-state index in [1.54, 1.807) is 12.1 Å². The highest BCUT2D eigenvalue weighted by Gasteiger charge is 2.19. The van der Waals surface area contributed by atoms with Crippen LogP contribution < -0.4 is 5.32 Å². The van der Waals surface area contributed by atoms with Crippen molar-refractivity contribution in [2.75, 3.05) is 19.6 Å². The van der Waals surface area contributed by atoms with Gasteiger partial charge in [0.1, 0.15) is 0 Å². The molecule has 0 spiro atoms. The van der Waals surface area contributed by atoms with Crippen LogP contribution in [0.3, 0.4) is 0 Å². The Kier molecular flexibility index (Phi) is 5.33. The molecule has 1 fully saturated rings. The molecule has 0 aromatic heterocycles. The van der Waals surface area contributed by atoms with Gasteiger partial charge >= 0.3 is 5.97 Å². The lowest BCUT2D eigenvalue weighted by molar-refractivity contribution is 0.0695. The van der Waals surface area contributed by atoms with Crippen LogP contribution in [-0.2, 0) is 6.54 Å². The number of hydrogen-bond donors (Lipinski definition) is 3. The van der Waals surface area contributed by atoms with E-state index in [0.29, 0.717) is 23.9 Å². The zero-order valence-corrected chi connectivity index (χ0v) is 12.4. The first kappa shape index (κ1) is 15.5. The summed E-state index contributed by atoms with van der Waals surface area (Å²) in [6.07, 6.45) is 2.17. The monoisotopic (exact) mass is 289 g/mol. The lowest BCUT2D eigenvalue weighted by Gasteiger charge is -2.32. The van der Waals surface area contributed by atoms with Crippen molar-refractivity contribution in [2.45, 2.75) is 26.3 Å². The number of aromatic carboxylic acids is 1. The number of carbonyl (C=O) groups is 1. The van der Waals surface area contributed by atoms with Gasteiger partial charge in [-0.15, -0.1) is 0 Å². The Morgan fingerprint density at radius 1 is 1.38 bits per heavy atom. The highest BCUT2D eigenvalue weighted by molar-refractivity contribution is 5.89. The van der Waals surface area contributed by atoms with Gasteiger partial charge < -0.3 is 15.3 Å². The number of hydrogen-bond acceptors (Lipinski definition) is 3. The van der Waals surface area contributed by atoms with E-state index in [1.165, 1.54) is 0 Å². The Hall–Kier alpha value is -1.88. The second kappa shape index (κ2) is 7.22. The smallest absolute Gasteiger partial charge is 0.336 e. The van der Waals surface area contributed by atoms with Gasteiger partial charge in [0.25, 0.3) is 0 Å². The Morgan fingerprint density at radius 2 is 2.05 bits per heavy atom. The summed E-state index contributed by atoms with van der Waals surface area (Å²) >= 11 is 0. The number of carboxylic acids is 1. The number of likely N-dealkylation sites (tertiary alicyclic amines) is 1. The van der Waals surface area contributed by atoms with Crippen molar-refractivity contribution in [1.82, 2.24) is 10.2 Å². The fraction of sp³-hybridized carbons (Fsp3) is 0.500. The first-order valence-electron chi connectivity index (χ1n) is 7.40. The van der Waals surface area contributed by atoms with Crippen LogP contribution in [0.2, 0.25) is 0 Å². The van der Waals surface area contributed by atoms with Crippen molar-refractivity contribution in [3.05, 3.63) is 35.4 Å². The van der Waals surface area contributed by atoms with Crippen LogP contribution in [-0.4, -0.2) is 41.4 Å². The highest BCUT2D eigenvalue weighted by atomic mass is 16.4. The third kappa shape index (κ3) is 4.29. The number of rotatable bonds is 5. The molecule has 5 nitrogen and oxygen atoms in total. The molecular formula is C16H23N3O2. The molecule has 0 atom stereocenters. The molecule has 1 aromatic rings. The third-order valence-electron chi connectivity index (χ3n) is 4.09. The Morgan fingerprint density at radius 3 is 2.67 bits per heavy atom. The van der Waals surface area contributed by atoms with Crippen molar-refractivity contribution < 1.29 is 9.90 Å². The number of benzene rings is 1. The molecule has 1 aliphatic rings. The molecular weight excluding hydrogens is 266 g/mol. The largest absolute Gasteiger partial charge is 0.478 e. The maximum atomic E-state index is 11.1. The highest BCUT2D eigenvalue weighted by Crippen LogP contribution is 2.17. The van der Waals surface area contributed by atoms with Gasteiger partial charge in [0.2, 0.25) is 0 Å². The second-order valence-corrected chi connectivity index (χ2v) is 5.61. The predicted molar refractivity (Wildman–Crippen MR) is 82.8 cm³/mol. The molecule has 0 aliphatic carbocycles. The van der Waals surface area contributed by atoms with Crippen LogP contribution in [0.5, 0.6) is 0 Å². The van der Waals surface area contributed by atoms with Gasteiger partial charge in [0.05, 0.1) is 11.4 Å². The quantitative estimate of drug-likeness (QED) is 0.573. The van der Waals surface area contributed by atoms with E-state index >= 15 is 0 Å². The Bertz CT molecular complexity index is 508. The van der Waals surface area contributed by atoms with E-state index in [1.807, 2.05) is 19.1 Å². The van der Waals surface area contributed by atoms with Crippen LogP contribution >= 0.6 is 0 Å². The van der Waals surface area contributed by atoms with Crippen LogP contribution in [0.1, 0.15) is 35.7 Å². The maximum absolute atomic E-state index is 11.1. The SMILES string of the molecule is CC(=N)N1CCC(CNCc2ccccc2C(=O)O)CC1. The van der Waals surface area contributed by atoms with Crippen LogP contribution in [0.25, 0.3) is 0 Å². The molecule has 114 valence electrons. The summed E-state index contributed by atoms with van der Waals surface area (Å²) in [4.78, 5) is 13.2. The number of nitrogens with zero attached hydrogens (tertiary/aromatic N) is 1. The molecule has 0 amide bonds. The second-order valence-electron chi connectivity index (χ2n) is 5.61. The summed E-state index contributed by atoms with van der Waals surface area (Å²) in [6, 6.07) is 7.12. The minimum atomic E-state index is -0.873. The van der Waals surface area contributed by atoms with Gasteiger partial charge in [-0.25, -0.2) is 4.79 Å². The Labute approximate surface area is 125 Å². The Balaban J connectivity index is 1.78. The van der Waals surface area contributed by atoms with Crippen molar-refractivity contribution in [2.24, 2.45) is 5.92 Å². The molecule has 1 aliphatic heterocycles. The molecule has 0 radical (unpaired) electrons. The molecule has 21 heavy (non-hydrogen) atoms. The molecule has 1 saturated heterocycles. The molecule has 1 aromatic carbocycles. The number of piperidine rings is 1. The lowest BCUT2D eigenvalue weighted by atomic mass is 9.96. The van der Waals surface area contributed by atoms with Gasteiger partial charge in [0.15, 0.2) is 0 Å². The predicted octanol–water partition coefficient (Wildman–Crippen LogP) is 2.18.